The summed E-state index contributed by atoms with van der Waals surface area (Å²) in [5.41, 5.74) is 0.00933. The molecule has 2 aromatic rings. The Morgan fingerprint density at radius 2 is 1.67 bits per heavy atom. The zero-order chi connectivity index (χ0) is 14.7. The molecule has 0 atom stereocenters. The quantitative estimate of drug-likeness (QED) is 0.616. The molecule has 8 nitrogen and oxygen atoms in total. The second kappa shape index (κ2) is 5.70. The molecule has 0 aliphatic carbocycles. The molecular weight excluding hydrogens is 272 g/mol. The predicted molar refractivity (Wildman–Crippen MR) is 77.3 cm³/mol. The molecule has 0 N–H and O–H groups in total. The van der Waals surface area contributed by atoms with Gasteiger partial charge in [0, 0.05) is 44.6 Å². The van der Waals surface area contributed by atoms with Gasteiger partial charge >= 0.3 is 0 Å². The number of anilines is 2. The van der Waals surface area contributed by atoms with Gasteiger partial charge in [-0.05, 0) is 12.1 Å². The normalized spacial score (nSPS) is 15.0. The Kier molecular flexibility index (Phi) is 3.59. The van der Waals surface area contributed by atoms with Crippen LogP contribution in [0.2, 0.25) is 0 Å². The molecule has 2 aromatic heterocycles. The number of piperazine rings is 1. The van der Waals surface area contributed by atoms with E-state index >= 15 is 0 Å². The lowest BCUT2D eigenvalue weighted by atomic mass is 10.3. The maximum Gasteiger partial charge on any atom is 0.287 e. The molecule has 0 radical (unpaired) electrons. The number of aromatic nitrogens is 3. The molecule has 1 fully saturated rings. The van der Waals surface area contributed by atoms with E-state index in [9.17, 15) is 10.1 Å². The van der Waals surface area contributed by atoms with Crippen LogP contribution in [-0.4, -0.2) is 46.1 Å². The summed E-state index contributed by atoms with van der Waals surface area (Å²) in [5, 5.41) is 10.6. The molecule has 0 aromatic carbocycles. The first-order valence-corrected chi connectivity index (χ1v) is 6.61. The molecule has 3 heterocycles. The fraction of sp³-hybridized carbons (Fsp3) is 0.308. The molecule has 0 bridgehead atoms. The summed E-state index contributed by atoms with van der Waals surface area (Å²) < 4.78 is 0. The van der Waals surface area contributed by atoms with Gasteiger partial charge in [-0.1, -0.05) is 0 Å². The van der Waals surface area contributed by atoms with E-state index in [1.807, 2.05) is 0 Å². The summed E-state index contributed by atoms with van der Waals surface area (Å²) in [5.74, 6) is 1.49. The van der Waals surface area contributed by atoms with Gasteiger partial charge in [-0.25, -0.2) is 15.0 Å². The third-order valence-electron chi connectivity index (χ3n) is 3.38. The second-order valence-electron chi connectivity index (χ2n) is 4.65. The van der Waals surface area contributed by atoms with Crippen molar-refractivity contribution in [3.05, 3.63) is 46.9 Å². The van der Waals surface area contributed by atoms with Crippen LogP contribution >= 0.6 is 0 Å². The number of hydrogen-bond donors (Lipinski definition) is 0. The predicted octanol–water partition coefficient (Wildman–Crippen LogP) is 1.11. The molecule has 0 saturated carbocycles. The van der Waals surface area contributed by atoms with Crippen LogP contribution in [0.3, 0.4) is 0 Å². The van der Waals surface area contributed by atoms with Crippen molar-refractivity contribution < 1.29 is 4.92 Å². The van der Waals surface area contributed by atoms with Gasteiger partial charge < -0.3 is 9.80 Å². The highest BCUT2D eigenvalue weighted by Crippen LogP contribution is 2.18. The van der Waals surface area contributed by atoms with Crippen molar-refractivity contribution >= 4 is 17.5 Å². The molecule has 3 rings (SSSR count). The monoisotopic (exact) mass is 286 g/mol. The van der Waals surface area contributed by atoms with E-state index in [2.05, 4.69) is 24.8 Å². The fourth-order valence-corrected chi connectivity index (χ4v) is 2.26. The maximum atomic E-state index is 10.6. The third-order valence-corrected chi connectivity index (χ3v) is 3.38. The van der Waals surface area contributed by atoms with Crippen molar-refractivity contribution in [3.8, 4) is 0 Å². The molecule has 8 heteroatoms. The largest absolute Gasteiger partial charge is 0.353 e. The summed E-state index contributed by atoms with van der Waals surface area (Å²) in [6.45, 7) is 3.15. The minimum Gasteiger partial charge on any atom is -0.353 e. The average Bonchev–Trinajstić information content (AvgIpc) is 2.56. The second-order valence-corrected chi connectivity index (χ2v) is 4.65. The van der Waals surface area contributed by atoms with Crippen LogP contribution in [0, 0.1) is 10.1 Å². The standard InChI is InChI=1S/C13H14N6O2/c20-19(21)11-2-3-12(16-10-11)17-6-8-18(9-7-17)13-14-4-1-5-15-13/h1-5,10H,6-9H2. The summed E-state index contributed by atoms with van der Waals surface area (Å²) >= 11 is 0. The van der Waals surface area contributed by atoms with Crippen LogP contribution in [-0.2, 0) is 0 Å². The molecule has 0 amide bonds. The minimum atomic E-state index is -0.443. The zero-order valence-corrected chi connectivity index (χ0v) is 11.3. The molecule has 0 unspecified atom stereocenters. The Morgan fingerprint density at radius 3 is 2.24 bits per heavy atom. The number of pyridine rings is 1. The molecule has 21 heavy (non-hydrogen) atoms. The Labute approximate surface area is 121 Å². The van der Waals surface area contributed by atoms with Crippen molar-refractivity contribution in [2.24, 2.45) is 0 Å². The van der Waals surface area contributed by atoms with Crippen LogP contribution in [0.15, 0.2) is 36.8 Å². The van der Waals surface area contributed by atoms with Crippen LogP contribution in [0.4, 0.5) is 17.5 Å². The highest BCUT2D eigenvalue weighted by atomic mass is 16.6. The first-order valence-electron chi connectivity index (χ1n) is 6.61. The summed E-state index contributed by atoms with van der Waals surface area (Å²) in [6, 6.07) is 4.96. The molecule has 1 saturated heterocycles. The lowest BCUT2D eigenvalue weighted by Crippen LogP contribution is -2.47. The molecule has 1 aliphatic heterocycles. The van der Waals surface area contributed by atoms with Gasteiger partial charge in [0.05, 0.1) is 4.92 Å². The van der Waals surface area contributed by atoms with Gasteiger partial charge in [-0.3, -0.25) is 10.1 Å². The van der Waals surface area contributed by atoms with Crippen molar-refractivity contribution in [3.63, 3.8) is 0 Å². The van der Waals surface area contributed by atoms with Gasteiger partial charge in [0.25, 0.3) is 5.69 Å². The van der Waals surface area contributed by atoms with E-state index in [4.69, 9.17) is 0 Å². The summed E-state index contributed by atoms with van der Waals surface area (Å²) in [6.07, 6.45) is 4.75. The molecule has 0 spiro atoms. The van der Waals surface area contributed by atoms with Gasteiger partial charge in [0.15, 0.2) is 0 Å². The Hall–Kier alpha value is -2.77. The molecular formula is C13H14N6O2. The Morgan fingerprint density at radius 1 is 1.00 bits per heavy atom. The average molecular weight is 286 g/mol. The van der Waals surface area contributed by atoms with Crippen LogP contribution in [0.5, 0.6) is 0 Å². The maximum absolute atomic E-state index is 10.6. The van der Waals surface area contributed by atoms with Crippen LogP contribution in [0.25, 0.3) is 0 Å². The summed E-state index contributed by atoms with van der Waals surface area (Å²) in [4.78, 5) is 27.0. The zero-order valence-electron chi connectivity index (χ0n) is 11.3. The number of nitro groups is 1. The van der Waals surface area contributed by atoms with Gasteiger partial charge in [0.2, 0.25) is 5.95 Å². The van der Waals surface area contributed by atoms with Crippen molar-refractivity contribution in [2.45, 2.75) is 0 Å². The highest BCUT2D eigenvalue weighted by Gasteiger charge is 2.20. The van der Waals surface area contributed by atoms with Crippen LogP contribution < -0.4 is 9.80 Å². The van der Waals surface area contributed by atoms with Gasteiger partial charge in [-0.2, -0.15) is 0 Å². The van der Waals surface area contributed by atoms with Crippen molar-refractivity contribution in [2.75, 3.05) is 36.0 Å². The highest BCUT2D eigenvalue weighted by molar-refractivity contribution is 5.45. The van der Waals surface area contributed by atoms with E-state index in [0.717, 1.165) is 37.9 Å². The lowest BCUT2D eigenvalue weighted by Gasteiger charge is -2.35. The SMILES string of the molecule is O=[N+]([O-])c1ccc(N2CCN(c3ncccn3)CC2)nc1. The smallest absolute Gasteiger partial charge is 0.287 e. The number of nitrogens with zero attached hydrogens (tertiary/aromatic N) is 6. The molecule has 108 valence electrons. The fourth-order valence-electron chi connectivity index (χ4n) is 2.26. The van der Waals surface area contributed by atoms with E-state index in [1.54, 1.807) is 24.5 Å². The Bertz CT molecular complexity index is 610. The van der Waals surface area contributed by atoms with Crippen molar-refractivity contribution in [1.29, 1.82) is 0 Å². The van der Waals surface area contributed by atoms with Crippen LogP contribution in [0.1, 0.15) is 0 Å². The minimum absolute atomic E-state index is 0.00933. The summed E-state index contributed by atoms with van der Waals surface area (Å²) in [7, 11) is 0. The third kappa shape index (κ3) is 2.88. The number of hydrogen-bond acceptors (Lipinski definition) is 7. The number of rotatable bonds is 3. The Balaban J connectivity index is 1.64. The molecule has 1 aliphatic rings. The van der Waals surface area contributed by atoms with Crippen molar-refractivity contribution in [1.82, 2.24) is 15.0 Å². The van der Waals surface area contributed by atoms with E-state index in [-0.39, 0.29) is 5.69 Å². The topological polar surface area (TPSA) is 88.3 Å². The van der Waals surface area contributed by atoms with E-state index in [1.165, 1.54) is 12.3 Å². The van der Waals surface area contributed by atoms with Gasteiger partial charge in [-0.15, -0.1) is 0 Å². The first-order chi connectivity index (χ1) is 10.2. The van der Waals surface area contributed by atoms with E-state index in [0.29, 0.717) is 0 Å². The first kappa shape index (κ1) is 13.2. The van der Waals surface area contributed by atoms with Gasteiger partial charge in [0.1, 0.15) is 12.0 Å². The van der Waals surface area contributed by atoms with E-state index < -0.39 is 4.92 Å². The lowest BCUT2D eigenvalue weighted by molar-refractivity contribution is -0.385.